The third kappa shape index (κ3) is 3.84. The molecule has 0 fully saturated rings. The molecule has 102 valence electrons. The van der Waals surface area contributed by atoms with Crippen molar-refractivity contribution in [1.82, 2.24) is 0 Å². The van der Waals surface area contributed by atoms with Crippen molar-refractivity contribution < 1.29 is 4.79 Å². The van der Waals surface area contributed by atoms with Crippen LogP contribution in [0, 0.1) is 11.8 Å². The van der Waals surface area contributed by atoms with Gasteiger partial charge in [-0.1, -0.05) is 23.4 Å². The van der Waals surface area contributed by atoms with Crippen molar-refractivity contribution in [2.75, 3.05) is 11.9 Å². The number of nitrogens with one attached hydrogen (secondary N) is 1. The van der Waals surface area contributed by atoms with Crippen molar-refractivity contribution in [3.63, 3.8) is 0 Å². The molecular weight excluding hydrogens is 360 g/mol. The fourth-order valence-corrected chi connectivity index (χ4v) is 2.78. The van der Waals surface area contributed by atoms with Crippen LogP contribution in [-0.2, 0) is 0 Å². The first-order valence-corrected chi connectivity index (χ1v) is 7.69. The van der Waals surface area contributed by atoms with E-state index in [0.29, 0.717) is 21.8 Å². The van der Waals surface area contributed by atoms with E-state index in [2.05, 4.69) is 33.1 Å². The molecule has 0 spiro atoms. The molecule has 0 saturated heterocycles. The molecule has 0 saturated carbocycles. The van der Waals surface area contributed by atoms with Crippen LogP contribution in [0.5, 0.6) is 0 Å². The SMILES string of the molecule is NCC#Cc1cc(NC(=O)c2csc(Br)c2)ccc1Cl. The average Bonchev–Trinajstić information content (AvgIpc) is 2.86. The number of benzene rings is 1. The van der Waals surface area contributed by atoms with Crippen molar-refractivity contribution in [3.8, 4) is 11.8 Å². The van der Waals surface area contributed by atoms with Crippen LogP contribution >= 0.6 is 38.9 Å². The Morgan fingerprint density at radius 2 is 2.25 bits per heavy atom. The number of hydrogen-bond donors (Lipinski definition) is 2. The van der Waals surface area contributed by atoms with E-state index in [1.54, 1.807) is 29.6 Å². The first kappa shape index (κ1) is 15.1. The largest absolute Gasteiger partial charge is 0.322 e. The van der Waals surface area contributed by atoms with Gasteiger partial charge in [0.15, 0.2) is 0 Å². The Balaban J connectivity index is 2.19. The lowest BCUT2D eigenvalue weighted by Crippen LogP contribution is -2.10. The lowest BCUT2D eigenvalue weighted by Gasteiger charge is -2.05. The van der Waals surface area contributed by atoms with Crippen LogP contribution in [-0.4, -0.2) is 12.5 Å². The van der Waals surface area contributed by atoms with Gasteiger partial charge in [0.2, 0.25) is 0 Å². The molecule has 0 aliphatic rings. The summed E-state index contributed by atoms with van der Waals surface area (Å²) in [6, 6.07) is 6.92. The highest BCUT2D eigenvalue weighted by Gasteiger charge is 2.09. The quantitative estimate of drug-likeness (QED) is 0.793. The minimum atomic E-state index is -0.174. The number of nitrogens with two attached hydrogens (primary N) is 1. The Hall–Kier alpha value is -1.32. The van der Waals surface area contributed by atoms with E-state index in [1.165, 1.54) is 11.3 Å². The second-order valence-corrected chi connectivity index (χ2v) is 6.49. The molecule has 0 atom stereocenters. The van der Waals surface area contributed by atoms with Crippen LogP contribution in [0.15, 0.2) is 33.4 Å². The molecule has 2 rings (SSSR count). The van der Waals surface area contributed by atoms with Gasteiger partial charge in [-0.15, -0.1) is 11.3 Å². The summed E-state index contributed by atoms with van der Waals surface area (Å²) in [7, 11) is 0. The number of carbonyl (C=O) groups is 1. The summed E-state index contributed by atoms with van der Waals surface area (Å²) in [6.07, 6.45) is 0. The molecule has 1 aromatic carbocycles. The van der Waals surface area contributed by atoms with Gasteiger partial charge in [0.25, 0.3) is 5.91 Å². The molecule has 0 aliphatic carbocycles. The Labute approximate surface area is 134 Å². The van der Waals surface area contributed by atoms with Crippen LogP contribution < -0.4 is 11.1 Å². The molecule has 0 aliphatic heterocycles. The van der Waals surface area contributed by atoms with Crippen molar-refractivity contribution in [2.45, 2.75) is 0 Å². The van der Waals surface area contributed by atoms with Gasteiger partial charge in [-0.3, -0.25) is 4.79 Å². The maximum absolute atomic E-state index is 12.0. The van der Waals surface area contributed by atoms with Gasteiger partial charge in [0.1, 0.15) is 0 Å². The highest BCUT2D eigenvalue weighted by atomic mass is 79.9. The van der Waals surface area contributed by atoms with Gasteiger partial charge in [-0.25, -0.2) is 0 Å². The summed E-state index contributed by atoms with van der Waals surface area (Å²) in [5.41, 5.74) is 7.22. The normalized spacial score (nSPS) is 9.75. The Bertz CT molecular complexity index is 703. The maximum atomic E-state index is 12.0. The van der Waals surface area contributed by atoms with Gasteiger partial charge in [-0.2, -0.15) is 0 Å². The first-order chi connectivity index (χ1) is 9.60. The summed E-state index contributed by atoms with van der Waals surface area (Å²) >= 11 is 10.8. The molecule has 1 amide bonds. The molecule has 1 heterocycles. The number of carbonyl (C=O) groups excluding carboxylic acids is 1. The fraction of sp³-hybridized carbons (Fsp3) is 0.0714. The standard InChI is InChI=1S/C14H10BrClN2OS/c15-13-7-10(8-20-13)14(19)18-11-3-4-12(16)9(6-11)2-1-5-17/h3-4,6-8H,5,17H2,(H,18,19). The Morgan fingerprint density at radius 3 is 2.90 bits per heavy atom. The van der Waals surface area contributed by atoms with Crippen LogP contribution in [0.3, 0.4) is 0 Å². The van der Waals surface area contributed by atoms with E-state index in [9.17, 15) is 4.79 Å². The zero-order chi connectivity index (χ0) is 14.5. The third-order valence-corrected chi connectivity index (χ3v) is 4.21. The third-order valence-electron chi connectivity index (χ3n) is 2.38. The zero-order valence-corrected chi connectivity index (χ0v) is 13.4. The number of halogens is 2. The molecule has 3 nitrogen and oxygen atoms in total. The van der Waals surface area contributed by atoms with Gasteiger partial charge in [0.05, 0.1) is 20.9 Å². The minimum absolute atomic E-state index is 0.174. The summed E-state index contributed by atoms with van der Waals surface area (Å²) in [6.45, 7) is 0.260. The Morgan fingerprint density at radius 1 is 1.45 bits per heavy atom. The number of rotatable bonds is 2. The molecule has 3 N–H and O–H groups in total. The second kappa shape index (κ2) is 6.91. The van der Waals surface area contributed by atoms with Crippen LogP contribution in [0.25, 0.3) is 0 Å². The van der Waals surface area contributed by atoms with Gasteiger partial charge >= 0.3 is 0 Å². The molecular formula is C14H10BrClN2OS. The highest BCUT2D eigenvalue weighted by molar-refractivity contribution is 9.11. The van der Waals surface area contributed by atoms with Crippen LogP contribution in [0.2, 0.25) is 5.02 Å². The van der Waals surface area contributed by atoms with Gasteiger partial charge in [-0.05, 0) is 40.2 Å². The van der Waals surface area contributed by atoms with E-state index < -0.39 is 0 Å². The monoisotopic (exact) mass is 368 g/mol. The van der Waals surface area contributed by atoms with Crippen LogP contribution in [0.4, 0.5) is 5.69 Å². The van der Waals surface area contributed by atoms with E-state index in [0.717, 1.165) is 3.79 Å². The predicted molar refractivity (Wildman–Crippen MR) is 87.4 cm³/mol. The Kier molecular flexibility index (Phi) is 5.21. The van der Waals surface area contributed by atoms with E-state index in [4.69, 9.17) is 17.3 Å². The molecule has 6 heteroatoms. The summed E-state index contributed by atoms with van der Waals surface area (Å²) in [5.74, 6) is 5.43. The highest BCUT2D eigenvalue weighted by Crippen LogP contribution is 2.23. The van der Waals surface area contributed by atoms with Crippen LogP contribution in [0.1, 0.15) is 15.9 Å². The number of anilines is 1. The topological polar surface area (TPSA) is 55.1 Å². The smallest absolute Gasteiger partial charge is 0.256 e. The first-order valence-electron chi connectivity index (χ1n) is 5.64. The maximum Gasteiger partial charge on any atom is 0.256 e. The fourth-order valence-electron chi connectivity index (χ4n) is 1.48. The van der Waals surface area contributed by atoms with Crippen molar-refractivity contribution in [3.05, 3.63) is 49.6 Å². The molecule has 0 radical (unpaired) electrons. The average molecular weight is 370 g/mol. The lowest BCUT2D eigenvalue weighted by molar-refractivity contribution is 0.102. The van der Waals surface area contributed by atoms with Gasteiger partial charge < -0.3 is 11.1 Å². The molecule has 1 aromatic heterocycles. The second-order valence-electron chi connectivity index (χ2n) is 3.79. The van der Waals surface area contributed by atoms with E-state index in [-0.39, 0.29) is 12.5 Å². The summed E-state index contributed by atoms with van der Waals surface area (Å²) in [4.78, 5) is 12.0. The molecule has 0 bridgehead atoms. The zero-order valence-electron chi connectivity index (χ0n) is 10.2. The lowest BCUT2D eigenvalue weighted by atomic mass is 10.2. The van der Waals surface area contributed by atoms with Crippen molar-refractivity contribution in [2.24, 2.45) is 5.73 Å². The molecule has 0 unspecified atom stereocenters. The molecule has 2 aromatic rings. The molecule has 20 heavy (non-hydrogen) atoms. The van der Waals surface area contributed by atoms with Gasteiger partial charge in [0, 0.05) is 16.6 Å². The number of hydrogen-bond acceptors (Lipinski definition) is 3. The predicted octanol–water partition coefficient (Wildman–Crippen LogP) is 3.73. The van der Waals surface area contributed by atoms with E-state index in [1.807, 2.05) is 0 Å². The van der Waals surface area contributed by atoms with E-state index >= 15 is 0 Å². The van der Waals surface area contributed by atoms with Crippen molar-refractivity contribution >= 4 is 50.5 Å². The minimum Gasteiger partial charge on any atom is -0.322 e. The number of thiophene rings is 1. The van der Waals surface area contributed by atoms with Crippen molar-refractivity contribution in [1.29, 1.82) is 0 Å². The number of amides is 1. The summed E-state index contributed by atoms with van der Waals surface area (Å²) < 4.78 is 0.910. The summed E-state index contributed by atoms with van der Waals surface area (Å²) in [5, 5.41) is 5.12.